The maximum Gasteiger partial charge on any atom is 0.355 e. The van der Waals surface area contributed by atoms with E-state index >= 15 is 0 Å². The first-order chi connectivity index (χ1) is 17.5. The molecule has 192 valence electrons. The summed E-state index contributed by atoms with van der Waals surface area (Å²) in [6.45, 7) is 5.82. The third-order valence-electron chi connectivity index (χ3n) is 6.08. The molecule has 3 rings (SSSR count). The molecule has 37 heavy (non-hydrogen) atoms. The van der Waals surface area contributed by atoms with Gasteiger partial charge in [-0.05, 0) is 28.7 Å². The Morgan fingerprint density at radius 1 is 0.919 bits per heavy atom. The summed E-state index contributed by atoms with van der Waals surface area (Å²) in [5.41, 5.74) is 7.56. The molecule has 0 aromatic heterocycles. The largest absolute Gasteiger partial charge is 0.466 e. The average molecular weight is 504 g/mol. The number of carbonyl (C=O) groups excluding carboxylic acids is 3. The predicted molar refractivity (Wildman–Crippen MR) is 136 cm³/mol. The van der Waals surface area contributed by atoms with Gasteiger partial charge in [-0.3, -0.25) is 4.90 Å². The summed E-state index contributed by atoms with van der Waals surface area (Å²) in [6, 6.07) is 15.7. The highest BCUT2D eigenvalue weighted by atomic mass is 16.5. The molecule has 1 heterocycles. The van der Waals surface area contributed by atoms with Crippen LogP contribution in [0.4, 0.5) is 5.69 Å². The number of nitriles is 1. The molecular weight excluding hydrogens is 474 g/mol. The van der Waals surface area contributed by atoms with Crippen LogP contribution in [0.2, 0.25) is 0 Å². The highest BCUT2D eigenvalue weighted by Crippen LogP contribution is 2.45. The van der Waals surface area contributed by atoms with Gasteiger partial charge in [-0.1, -0.05) is 57.2 Å². The Kier molecular flexibility index (Phi) is 7.73. The van der Waals surface area contributed by atoms with Crippen LogP contribution in [-0.4, -0.2) is 39.2 Å². The summed E-state index contributed by atoms with van der Waals surface area (Å²) in [4.78, 5) is 40.3. The normalized spacial score (nSPS) is 15.7. The van der Waals surface area contributed by atoms with E-state index in [0.717, 1.165) is 0 Å². The van der Waals surface area contributed by atoms with Crippen molar-refractivity contribution in [3.05, 3.63) is 87.9 Å². The molecular formula is C28H29N3O6. The Hall–Kier alpha value is -4.58. The Balaban J connectivity index is 2.52. The third kappa shape index (κ3) is 4.91. The third-order valence-corrected chi connectivity index (χ3v) is 6.08. The van der Waals surface area contributed by atoms with Gasteiger partial charge in [0.1, 0.15) is 11.5 Å². The van der Waals surface area contributed by atoms with Gasteiger partial charge in [-0.25, -0.2) is 14.4 Å². The van der Waals surface area contributed by atoms with Gasteiger partial charge in [-0.2, -0.15) is 5.26 Å². The topological polar surface area (TPSA) is 132 Å². The number of allylic oxidation sites excluding steroid dienone is 1. The van der Waals surface area contributed by atoms with Crippen LogP contribution < -0.4 is 10.6 Å². The van der Waals surface area contributed by atoms with Crippen molar-refractivity contribution in [2.24, 2.45) is 5.73 Å². The van der Waals surface area contributed by atoms with Crippen molar-refractivity contribution in [1.82, 2.24) is 0 Å². The molecule has 1 atom stereocenters. The lowest BCUT2D eigenvalue weighted by Gasteiger charge is -2.38. The fourth-order valence-corrected chi connectivity index (χ4v) is 4.36. The zero-order valence-electron chi connectivity index (χ0n) is 21.6. The number of anilines is 1. The van der Waals surface area contributed by atoms with Crippen molar-refractivity contribution >= 4 is 23.6 Å². The molecule has 1 unspecified atom stereocenters. The standard InChI is InChI=1S/C28H29N3O6/c1-28(2,3)19-13-12-17(25(32)35-4)14-20(19)31-23(27(34)37-6)22(26(33)36-5)21(18(15-29)24(31)30)16-10-8-7-9-11-16/h7-14,21H,30H2,1-6H3. The van der Waals surface area contributed by atoms with E-state index in [1.54, 1.807) is 42.5 Å². The predicted octanol–water partition coefficient (Wildman–Crippen LogP) is 3.67. The molecule has 9 heteroatoms. The number of nitrogens with two attached hydrogens (primary N) is 1. The second-order valence-electron chi connectivity index (χ2n) is 9.31. The molecule has 9 nitrogen and oxygen atoms in total. The number of benzene rings is 2. The summed E-state index contributed by atoms with van der Waals surface area (Å²) in [7, 11) is 3.61. The molecule has 0 aliphatic carbocycles. The first-order valence-electron chi connectivity index (χ1n) is 11.4. The maximum atomic E-state index is 13.4. The van der Waals surface area contributed by atoms with Crippen molar-refractivity contribution in [2.45, 2.75) is 32.1 Å². The highest BCUT2D eigenvalue weighted by Gasteiger charge is 2.44. The van der Waals surface area contributed by atoms with Gasteiger partial charge < -0.3 is 19.9 Å². The molecule has 0 amide bonds. The van der Waals surface area contributed by atoms with E-state index in [1.807, 2.05) is 20.8 Å². The molecule has 0 bridgehead atoms. The van der Waals surface area contributed by atoms with E-state index in [2.05, 4.69) is 6.07 Å². The minimum atomic E-state index is -0.995. The molecule has 1 aliphatic heterocycles. The Morgan fingerprint density at radius 3 is 2.03 bits per heavy atom. The van der Waals surface area contributed by atoms with Gasteiger partial charge in [0, 0.05) is 0 Å². The Bertz CT molecular complexity index is 1350. The number of rotatable bonds is 5. The number of methoxy groups -OCH3 is 3. The van der Waals surface area contributed by atoms with Crippen molar-refractivity contribution in [3.63, 3.8) is 0 Å². The SMILES string of the molecule is COC(=O)C1=C(C(=O)OC)N(c2cc(C(=O)OC)ccc2C(C)(C)C)C(N)=C(C#N)C1c1ccccc1. The minimum Gasteiger partial charge on any atom is -0.466 e. The number of carbonyl (C=O) groups is 3. The van der Waals surface area contributed by atoms with Crippen LogP contribution in [0.3, 0.4) is 0 Å². The van der Waals surface area contributed by atoms with Crippen LogP contribution in [0.5, 0.6) is 0 Å². The monoisotopic (exact) mass is 503 g/mol. The minimum absolute atomic E-state index is 0.0302. The summed E-state index contributed by atoms with van der Waals surface area (Å²) in [5, 5.41) is 10.2. The molecule has 0 saturated heterocycles. The lowest BCUT2D eigenvalue weighted by Crippen LogP contribution is -2.41. The first kappa shape index (κ1) is 27.0. The quantitative estimate of drug-likeness (QED) is 0.479. The molecule has 1 aliphatic rings. The first-order valence-corrected chi connectivity index (χ1v) is 11.4. The molecule has 2 aromatic carbocycles. The van der Waals surface area contributed by atoms with Crippen LogP contribution in [-0.2, 0) is 29.2 Å². The summed E-state index contributed by atoms with van der Waals surface area (Å²) in [6.07, 6.45) is 0. The fourth-order valence-electron chi connectivity index (χ4n) is 4.36. The summed E-state index contributed by atoms with van der Waals surface area (Å²) >= 11 is 0. The highest BCUT2D eigenvalue weighted by molar-refractivity contribution is 6.07. The van der Waals surface area contributed by atoms with Crippen molar-refractivity contribution in [2.75, 3.05) is 26.2 Å². The van der Waals surface area contributed by atoms with Gasteiger partial charge in [0.05, 0.1) is 55.7 Å². The van der Waals surface area contributed by atoms with Crippen molar-refractivity contribution < 1.29 is 28.6 Å². The van der Waals surface area contributed by atoms with Gasteiger partial charge in [0.25, 0.3) is 0 Å². The van der Waals surface area contributed by atoms with E-state index in [0.29, 0.717) is 16.8 Å². The zero-order chi connectivity index (χ0) is 27.5. The molecule has 0 fully saturated rings. The number of hydrogen-bond donors (Lipinski definition) is 1. The van der Waals surface area contributed by atoms with E-state index in [1.165, 1.54) is 32.3 Å². The molecule has 2 aromatic rings. The van der Waals surface area contributed by atoms with Crippen molar-refractivity contribution in [1.29, 1.82) is 5.26 Å². The van der Waals surface area contributed by atoms with Crippen LogP contribution in [0.25, 0.3) is 0 Å². The van der Waals surface area contributed by atoms with Gasteiger partial charge in [-0.15, -0.1) is 0 Å². The Morgan fingerprint density at radius 2 is 1.51 bits per heavy atom. The number of hydrogen-bond acceptors (Lipinski definition) is 9. The van der Waals surface area contributed by atoms with Crippen LogP contribution in [0.1, 0.15) is 48.2 Å². The fraction of sp³-hybridized carbons (Fsp3) is 0.286. The van der Waals surface area contributed by atoms with E-state index in [9.17, 15) is 19.6 Å². The molecule has 2 N–H and O–H groups in total. The number of ether oxygens (including phenoxy) is 3. The average Bonchev–Trinajstić information content (AvgIpc) is 2.90. The van der Waals surface area contributed by atoms with Crippen LogP contribution in [0, 0.1) is 11.3 Å². The summed E-state index contributed by atoms with van der Waals surface area (Å²) < 4.78 is 15.1. The number of nitrogens with zero attached hydrogens (tertiary/aromatic N) is 2. The van der Waals surface area contributed by atoms with E-state index in [4.69, 9.17) is 19.9 Å². The van der Waals surface area contributed by atoms with Crippen LogP contribution in [0.15, 0.2) is 71.2 Å². The molecule has 0 radical (unpaired) electrons. The molecule has 0 spiro atoms. The second-order valence-corrected chi connectivity index (χ2v) is 9.31. The Labute approximate surface area is 215 Å². The maximum absolute atomic E-state index is 13.4. The zero-order valence-corrected chi connectivity index (χ0v) is 21.6. The lowest BCUT2D eigenvalue weighted by atomic mass is 9.79. The van der Waals surface area contributed by atoms with Gasteiger partial charge in [0.2, 0.25) is 0 Å². The van der Waals surface area contributed by atoms with Crippen molar-refractivity contribution in [3.8, 4) is 6.07 Å². The summed E-state index contributed by atoms with van der Waals surface area (Å²) in [5.74, 6) is -3.39. The van der Waals surface area contributed by atoms with E-state index in [-0.39, 0.29) is 28.2 Å². The second kappa shape index (κ2) is 10.6. The lowest BCUT2D eigenvalue weighted by molar-refractivity contribution is -0.139. The molecule has 0 saturated carbocycles. The van der Waals surface area contributed by atoms with Gasteiger partial charge >= 0.3 is 17.9 Å². The van der Waals surface area contributed by atoms with E-state index < -0.39 is 29.2 Å². The van der Waals surface area contributed by atoms with Crippen LogP contribution >= 0.6 is 0 Å². The number of esters is 3. The van der Waals surface area contributed by atoms with Gasteiger partial charge in [0.15, 0.2) is 0 Å². The smallest absolute Gasteiger partial charge is 0.355 e.